The molecule has 2 aromatic rings. The molecule has 150 valence electrons. The van der Waals surface area contributed by atoms with E-state index in [1.165, 1.54) is 0 Å². The lowest BCUT2D eigenvalue weighted by atomic mass is 9.96. The molecule has 1 fully saturated rings. The third-order valence-corrected chi connectivity index (χ3v) is 5.72. The van der Waals surface area contributed by atoms with Crippen LogP contribution in [0.4, 0.5) is 0 Å². The minimum absolute atomic E-state index is 0.0474. The summed E-state index contributed by atoms with van der Waals surface area (Å²) in [6, 6.07) is 1.80. The number of hydrogen-bond donors (Lipinski definition) is 0. The molecule has 0 spiro atoms. The SMILES string of the molecule is CC(=O)N1CCC(c2nnc3n2CCN(C(=O)Cc2cc(C)no2)CC3)CC1. The number of likely N-dealkylation sites (tertiary alicyclic amines) is 1. The van der Waals surface area contributed by atoms with E-state index in [0.717, 1.165) is 43.3 Å². The number of nitrogens with zero attached hydrogens (tertiary/aromatic N) is 6. The topological polar surface area (TPSA) is 97.4 Å². The summed E-state index contributed by atoms with van der Waals surface area (Å²) >= 11 is 0. The summed E-state index contributed by atoms with van der Waals surface area (Å²) in [4.78, 5) is 28.0. The molecule has 9 heteroatoms. The van der Waals surface area contributed by atoms with Crippen molar-refractivity contribution in [2.24, 2.45) is 0 Å². The van der Waals surface area contributed by atoms with Gasteiger partial charge in [0.05, 0.1) is 12.1 Å². The molecule has 0 N–H and O–H groups in total. The van der Waals surface area contributed by atoms with Crippen molar-refractivity contribution in [2.75, 3.05) is 26.2 Å². The molecular weight excluding hydrogens is 360 g/mol. The van der Waals surface area contributed by atoms with E-state index in [1.807, 2.05) is 16.7 Å². The second-order valence-electron chi connectivity index (χ2n) is 7.65. The van der Waals surface area contributed by atoms with Crippen LogP contribution in [-0.4, -0.2) is 67.7 Å². The molecule has 0 saturated carbocycles. The van der Waals surface area contributed by atoms with Gasteiger partial charge in [0.2, 0.25) is 11.8 Å². The molecule has 2 amide bonds. The molecule has 4 heterocycles. The van der Waals surface area contributed by atoms with E-state index in [0.29, 0.717) is 37.7 Å². The summed E-state index contributed by atoms with van der Waals surface area (Å²) in [5.74, 6) is 3.04. The fourth-order valence-corrected chi connectivity index (χ4v) is 4.11. The van der Waals surface area contributed by atoms with Gasteiger partial charge in [-0.05, 0) is 19.8 Å². The van der Waals surface area contributed by atoms with E-state index in [9.17, 15) is 9.59 Å². The first kappa shape index (κ1) is 18.6. The van der Waals surface area contributed by atoms with Crippen molar-refractivity contribution in [3.05, 3.63) is 29.2 Å². The molecule has 4 rings (SSSR count). The Kier molecular flexibility index (Phi) is 5.15. The van der Waals surface area contributed by atoms with E-state index in [1.54, 1.807) is 13.0 Å². The van der Waals surface area contributed by atoms with Gasteiger partial charge in [-0.2, -0.15) is 0 Å². The van der Waals surface area contributed by atoms with Gasteiger partial charge >= 0.3 is 0 Å². The highest BCUT2D eigenvalue weighted by molar-refractivity contribution is 5.78. The van der Waals surface area contributed by atoms with Gasteiger partial charge in [-0.3, -0.25) is 9.59 Å². The molecule has 0 atom stereocenters. The summed E-state index contributed by atoms with van der Waals surface area (Å²) in [6.45, 7) is 6.97. The van der Waals surface area contributed by atoms with Crippen molar-refractivity contribution < 1.29 is 14.1 Å². The first-order valence-corrected chi connectivity index (χ1v) is 9.88. The van der Waals surface area contributed by atoms with E-state index in [-0.39, 0.29) is 18.2 Å². The molecule has 2 aliphatic heterocycles. The van der Waals surface area contributed by atoms with Crippen LogP contribution in [0.1, 0.15) is 48.8 Å². The zero-order valence-corrected chi connectivity index (χ0v) is 16.4. The Morgan fingerprint density at radius 2 is 1.89 bits per heavy atom. The highest BCUT2D eigenvalue weighted by atomic mass is 16.5. The number of piperidine rings is 1. The van der Waals surface area contributed by atoms with Crippen LogP contribution < -0.4 is 0 Å². The van der Waals surface area contributed by atoms with Crippen molar-refractivity contribution in [3.63, 3.8) is 0 Å². The molecule has 0 aliphatic carbocycles. The predicted molar refractivity (Wildman–Crippen MR) is 99.5 cm³/mol. The molecule has 9 nitrogen and oxygen atoms in total. The van der Waals surface area contributed by atoms with E-state index >= 15 is 0 Å². The van der Waals surface area contributed by atoms with E-state index in [4.69, 9.17) is 4.52 Å². The number of carbonyl (C=O) groups is 2. The predicted octanol–water partition coefficient (Wildman–Crippen LogP) is 0.928. The van der Waals surface area contributed by atoms with Crippen LogP contribution in [-0.2, 0) is 29.0 Å². The average Bonchev–Trinajstić information content (AvgIpc) is 3.21. The highest BCUT2D eigenvalue weighted by Crippen LogP contribution is 2.28. The Balaban J connectivity index is 1.40. The highest BCUT2D eigenvalue weighted by Gasteiger charge is 2.29. The monoisotopic (exact) mass is 386 g/mol. The van der Waals surface area contributed by atoms with Crippen LogP contribution in [0.5, 0.6) is 0 Å². The molecule has 1 saturated heterocycles. The molecule has 0 bridgehead atoms. The van der Waals surface area contributed by atoms with Crippen molar-refractivity contribution in [2.45, 2.75) is 52.0 Å². The first-order valence-electron chi connectivity index (χ1n) is 9.88. The van der Waals surface area contributed by atoms with Gasteiger partial charge < -0.3 is 18.9 Å². The fraction of sp³-hybridized carbons (Fsp3) is 0.632. The molecule has 0 radical (unpaired) electrons. The number of carbonyl (C=O) groups excluding carboxylic acids is 2. The smallest absolute Gasteiger partial charge is 0.230 e. The standard InChI is InChI=1S/C19H26N6O3/c1-13-11-16(28-22-13)12-18(27)24-8-5-17-20-21-19(25(17)10-9-24)15-3-6-23(7-4-15)14(2)26/h11,15H,3-10,12H2,1-2H3. The summed E-state index contributed by atoms with van der Waals surface area (Å²) in [5.41, 5.74) is 0.783. The quantitative estimate of drug-likeness (QED) is 0.778. The summed E-state index contributed by atoms with van der Waals surface area (Å²) in [7, 11) is 0. The molecule has 0 unspecified atom stereocenters. The molecule has 0 aromatic carbocycles. The van der Waals surface area contributed by atoms with Gasteiger partial charge in [0, 0.05) is 58.1 Å². The zero-order valence-electron chi connectivity index (χ0n) is 16.4. The number of aryl methyl sites for hydroxylation is 1. The lowest BCUT2D eigenvalue weighted by Gasteiger charge is -2.31. The van der Waals surface area contributed by atoms with Crippen LogP contribution in [0.2, 0.25) is 0 Å². The number of rotatable bonds is 3. The summed E-state index contributed by atoms with van der Waals surface area (Å²) in [6.07, 6.45) is 2.74. The minimum Gasteiger partial charge on any atom is -0.361 e. The molecule has 2 aliphatic rings. The van der Waals surface area contributed by atoms with Crippen molar-refractivity contribution in [1.29, 1.82) is 0 Å². The Hall–Kier alpha value is -2.71. The zero-order chi connectivity index (χ0) is 19.7. The van der Waals surface area contributed by atoms with E-state index < -0.39 is 0 Å². The van der Waals surface area contributed by atoms with Crippen LogP contribution >= 0.6 is 0 Å². The van der Waals surface area contributed by atoms with Crippen LogP contribution in [0.25, 0.3) is 0 Å². The average molecular weight is 386 g/mol. The second-order valence-corrected chi connectivity index (χ2v) is 7.65. The number of amides is 2. The summed E-state index contributed by atoms with van der Waals surface area (Å²) < 4.78 is 7.36. The number of hydrogen-bond acceptors (Lipinski definition) is 6. The van der Waals surface area contributed by atoms with Gasteiger partial charge in [0.25, 0.3) is 0 Å². The van der Waals surface area contributed by atoms with E-state index in [2.05, 4.69) is 19.9 Å². The maximum Gasteiger partial charge on any atom is 0.230 e. The third kappa shape index (κ3) is 3.79. The van der Waals surface area contributed by atoms with Gasteiger partial charge in [-0.1, -0.05) is 5.16 Å². The normalized spacial score (nSPS) is 18.1. The lowest BCUT2D eigenvalue weighted by molar-refractivity contribution is -0.131. The Bertz CT molecular complexity index is 865. The summed E-state index contributed by atoms with van der Waals surface area (Å²) in [5, 5.41) is 12.7. The van der Waals surface area contributed by atoms with Crippen molar-refractivity contribution >= 4 is 11.8 Å². The minimum atomic E-state index is 0.0474. The van der Waals surface area contributed by atoms with Crippen LogP contribution in [0.3, 0.4) is 0 Å². The van der Waals surface area contributed by atoms with Gasteiger partial charge in [-0.15, -0.1) is 10.2 Å². The second kappa shape index (κ2) is 7.73. The van der Waals surface area contributed by atoms with Crippen molar-refractivity contribution in [3.8, 4) is 0 Å². The molecule has 2 aromatic heterocycles. The first-order chi connectivity index (χ1) is 13.5. The van der Waals surface area contributed by atoms with Gasteiger partial charge in [0.15, 0.2) is 0 Å². The van der Waals surface area contributed by atoms with Gasteiger partial charge in [-0.25, -0.2) is 0 Å². The Morgan fingerprint density at radius 3 is 2.57 bits per heavy atom. The Labute approximate surface area is 163 Å². The van der Waals surface area contributed by atoms with Crippen LogP contribution in [0.15, 0.2) is 10.6 Å². The number of fused-ring (bicyclic) bond motifs is 1. The number of aromatic nitrogens is 4. The van der Waals surface area contributed by atoms with Crippen molar-refractivity contribution in [1.82, 2.24) is 29.7 Å². The molecular formula is C19H26N6O3. The Morgan fingerprint density at radius 1 is 1.11 bits per heavy atom. The largest absolute Gasteiger partial charge is 0.361 e. The molecule has 28 heavy (non-hydrogen) atoms. The van der Waals surface area contributed by atoms with Crippen LogP contribution in [0, 0.1) is 6.92 Å². The lowest BCUT2D eigenvalue weighted by Crippen LogP contribution is -2.37. The third-order valence-electron chi connectivity index (χ3n) is 5.72. The van der Waals surface area contributed by atoms with Gasteiger partial charge in [0.1, 0.15) is 17.4 Å². The maximum absolute atomic E-state index is 12.6. The fourth-order valence-electron chi connectivity index (χ4n) is 4.11. The maximum atomic E-state index is 12.6.